The van der Waals surface area contributed by atoms with Gasteiger partial charge in [-0.3, -0.25) is 4.79 Å². The van der Waals surface area contributed by atoms with Crippen LogP contribution in [-0.2, 0) is 0 Å². The van der Waals surface area contributed by atoms with Crippen molar-refractivity contribution in [3.63, 3.8) is 0 Å². The second kappa shape index (κ2) is 8.77. The van der Waals surface area contributed by atoms with Gasteiger partial charge in [0.05, 0.1) is 27.5 Å². The van der Waals surface area contributed by atoms with Crippen molar-refractivity contribution in [2.24, 2.45) is 5.10 Å². The highest BCUT2D eigenvalue weighted by atomic mass is 79.9. The highest BCUT2D eigenvalue weighted by Gasteiger charge is 2.13. The number of para-hydroxylation sites is 1. The third kappa shape index (κ3) is 4.27. The molecule has 148 valence electrons. The van der Waals surface area contributed by atoms with Gasteiger partial charge < -0.3 is 5.11 Å². The molecule has 1 aromatic heterocycles. The van der Waals surface area contributed by atoms with E-state index in [-0.39, 0.29) is 11.7 Å². The van der Waals surface area contributed by atoms with Crippen LogP contribution in [0.1, 0.15) is 15.9 Å². The second-order valence-electron chi connectivity index (χ2n) is 6.46. The van der Waals surface area contributed by atoms with Crippen LogP contribution in [0.25, 0.3) is 22.2 Å². The Morgan fingerprint density at radius 3 is 2.53 bits per heavy atom. The molecule has 0 aliphatic rings. The molecule has 0 fully saturated rings. The number of pyridine rings is 1. The van der Waals surface area contributed by atoms with Gasteiger partial charge in [-0.05, 0) is 40.2 Å². The zero-order valence-electron chi connectivity index (χ0n) is 15.5. The van der Waals surface area contributed by atoms with Crippen molar-refractivity contribution in [3.8, 4) is 17.0 Å². The summed E-state index contributed by atoms with van der Waals surface area (Å²) in [5.74, 6) is -0.326. The van der Waals surface area contributed by atoms with Gasteiger partial charge in [-0.15, -0.1) is 0 Å². The van der Waals surface area contributed by atoms with E-state index in [9.17, 15) is 9.90 Å². The minimum atomic E-state index is -0.365. The molecule has 0 aliphatic heterocycles. The van der Waals surface area contributed by atoms with Crippen LogP contribution in [-0.4, -0.2) is 22.2 Å². The van der Waals surface area contributed by atoms with Crippen molar-refractivity contribution in [1.29, 1.82) is 0 Å². The first-order chi connectivity index (χ1) is 14.5. The quantitative estimate of drug-likeness (QED) is 0.258. The second-order valence-corrected chi connectivity index (χ2v) is 8.23. The molecule has 0 saturated carbocycles. The van der Waals surface area contributed by atoms with Crippen LogP contribution < -0.4 is 5.43 Å². The Morgan fingerprint density at radius 2 is 1.73 bits per heavy atom. The zero-order valence-corrected chi connectivity index (χ0v) is 18.7. The van der Waals surface area contributed by atoms with Gasteiger partial charge in [0.15, 0.2) is 0 Å². The Labute approximate surface area is 189 Å². The number of nitrogens with one attached hydrogen (secondary N) is 1. The maximum atomic E-state index is 12.9. The first kappa shape index (κ1) is 20.3. The van der Waals surface area contributed by atoms with Gasteiger partial charge in [0, 0.05) is 21.0 Å². The highest BCUT2D eigenvalue weighted by molar-refractivity contribution is 9.11. The number of amides is 1. The Kier molecular flexibility index (Phi) is 5.92. The summed E-state index contributed by atoms with van der Waals surface area (Å²) in [4.78, 5) is 17.6. The summed E-state index contributed by atoms with van der Waals surface area (Å²) in [6.07, 6.45) is 1.39. The normalized spacial score (nSPS) is 11.1. The largest absolute Gasteiger partial charge is 0.506 e. The molecule has 2 N–H and O–H groups in total. The highest BCUT2D eigenvalue weighted by Crippen LogP contribution is 2.30. The van der Waals surface area contributed by atoms with E-state index in [1.807, 2.05) is 54.6 Å². The number of hydrogen-bond acceptors (Lipinski definition) is 4. The summed E-state index contributed by atoms with van der Waals surface area (Å²) in [7, 11) is 0. The van der Waals surface area contributed by atoms with Gasteiger partial charge in [-0.1, -0.05) is 64.5 Å². The maximum absolute atomic E-state index is 12.9. The number of phenols is 1. The van der Waals surface area contributed by atoms with Gasteiger partial charge in [0.25, 0.3) is 5.91 Å². The van der Waals surface area contributed by atoms with Crippen LogP contribution in [0.4, 0.5) is 0 Å². The summed E-state index contributed by atoms with van der Waals surface area (Å²) in [6.45, 7) is 0. The van der Waals surface area contributed by atoms with Crippen LogP contribution in [0, 0.1) is 0 Å². The van der Waals surface area contributed by atoms with E-state index in [2.05, 4.69) is 47.4 Å². The molecule has 4 aromatic rings. The average Bonchev–Trinajstić information content (AvgIpc) is 2.76. The lowest BCUT2D eigenvalue weighted by atomic mass is 10.0. The van der Waals surface area contributed by atoms with Crippen LogP contribution in [0.5, 0.6) is 5.75 Å². The molecule has 5 nitrogen and oxygen atoms in total. The molecule has 0 bridgehead atoms. The third-order valence-electron chi connectivity index (χ3n) is 4.46. The van der Waals surface area contributed by atoms with E-state index in [4.69, 9.17) is 0 Å². The number of fused-ring (bicyclic) bond motifs is 1. The van der Waals surface area contributed by atoms with Crippen molar-refractivity contribution in [2.75, 3.05) is 0 Å². The predicted octanol–water partition coefficient (Wildman–Crippen LogP) is 5.90. The molecule has 1 amide bonds. The zero-order chi connectivity index (χ0) is 21.1. The van der Waals surface area contributed by atoms with E-state index >= 15 is 0 Å². The summed E-state index contributed by atoms with van der Waals surface area (Å²) in [6, 6.07) is 22.4. The lowest BCUT2D eigenvalue weighted by Gasteiger charge is -2.09. The maximum Gasteiger partial charge on any atom is 0.272 e. The third-order valence-corrected chi connectivity index (χ3v) is 5.52. The SMILES string of the molecule is O=C(N/N=C/c1cc(Br)cc(Br)c1O)c1cc(-c2ccccc2)nc2ccccc12. The summed E-state index contributed by atoms with van der Waals surface area (Å²) in [5, 5.41) is 14.9. The number of aromatic hydroxyl groups is 1. The number of halogens is 2. The molecule has 30 heavy (non-hydrogen) atoms. The lowest BCUT2D eigenvalue weighted by Crippen LogP contribution is -2.18. The molecule has 0 atom stereocenters. The molecule has 0 radical (unpaired) electrons. The van der Waals surface area contributed by atoms with Gasteiger partial charge in [-0.25, -0.2) is 10.4 Å². The van der Waals surface area contributed by atoms with Gasteiger partial charge >= 0.3 is 0 Å². The van der Waals surface area contributed by atoms with E-state index in [1.54, 1.807) is 18.2 Å². The minimum absolute atomic E-state index is 0.0388. The van der Waals surface area contributed by atoms with E-state index in [1.165, 1.54) is 6.21 Å². The fraction of sp³-hybridized carbons (Fsp3) is 0. The molecule has 0 unspecified atom stereocenters. The molecule has 1 heterocycles. The van der Waals surface area contributed by atoms with Gasteiger partial charge in [-0.2, -0.15) is 5.10 Å². The van der Waals surface area contributed by atoms with Crippen LogP contribution in [0.3, 0.4) is 0 Å². The lowest BCUT2D eigenvalue weighted by molar-refractivity contribution is 0.0956. The molecule has 0 aliphatic carbocycles. The van der Waals surface area contributed by atoms with E-state index < -0.39 is 0 Å². The van der Waals surface area contributed by atoms with Crippen molar-refractivity contribution in [3.05, 3.63) is 92.9 Å². The van der Waals surface area contributed by atoms with E-state index in [0.29, 0.717) is 21.3 Å². The monoisotopic (exact) mass is 523 g/mol. The number of rotatable bonds is 4. The predicted molar refractivity (Wildman–Crippen MR) is 126 cm³/mol. The molecule has 7 heteroatoms. The summed E-state index contributed by atoms with van der Waals surface area (Å²) < 4.78 is 1.30. The van der Waals surface area contributed by atoms with E-state index in [0.717, 1.165) is 20.9 Å². The smallest absolute Gasteiger partial charge is 0.272 e. The van der Waals surface area contributed by atoms with Crippen molar-refractivity contribution in [1.82, 2.24) is 10.4 Å². The topological polar surface area (TPSA) is 74.6 Å². The van der Waals surface area contributed by atoms with Gasteiger partial charge in [0.2, 0.25) is 0 Å². The van der Waals surface area contributed by atoms with Crippen LogP contribution in [0.15, 0.2) is 86.8 Å². The Balaban J connectivity index is 1.68. The van der Waals surface area contributed by atoms with Crippen molar-refractivity contribution < 1.29 is 9.90 Å². The number of benzene rings is 3. The molecular weight excluding hydrogens is 510 g/mol. The van der Waals surface area contributed by atoms with Crippen LogP contribution >= 0.6 is 31.9 Å². The van der Waals surface area contributed by atoms with Crippen LogP contribution in [0.2, 0.25) is 0 Å². The number of hydrazone groups is 1. The standard InChI is InChI=1S/C23H15Br2N3O2/c24-16-10-15(22(29)19(25)11-16)13-26-28-23(30)18-12-21(14-6-2-1-3-7-14)27-20-9-5-4-8-17(18)20/h1-13,29H,(H,28,30)/b26-13+. The first-order valence-corrected chi connectivity index (χ1v) is 10.6. The van der Waals surface area contributed by atoms with Gasteiger partial charge in [0.1, 0.15) is 5.75 Å². The number of nitrogens with zero attached hydrogens (tertiary/aromatic N) is 2. The number of phenolic OH excluding ortho intramolecular Hbond substituents is 1. The number of hydrogen-bond donors (Lipinski definition) is 2. The fourth-order valence-electron chi connectivity index (χ4n) is 3.03. The number of carbonyl (C=O) groups is 1. The number of carbonyl (C=O) groups excluding carboxylic acids is 1. The Hall–Kier alpha value is -3.03. The summed E-state index contributed by atoms with van der Waals surface area (Å²) in [5.41, 5.74) is 5.82. The molecule has 4 rings (SSSR count). The Bertz CT molecular complexity index is 1270. The number of aromatic nitrogens is 1. The Morgan fingerprint density at radius 1 is 1.00 bits per heavy atom. The molecule has 0 saturated heterocycles. The van der Waals surface area contributed by atoms with Crippen molar-refractivity contribution >= 4 is 54.9 Å². The minimum Gasteiger partial charge on any atom is -0.506 e. The molecular formula is C23H15Br2N3O2. The van der Waals surface area contributed by atoms with Crippen molar-refractivity contribution in [2.45, 2.75) is 0 Å². The first-order valence-electron chi connectivity index (χ1n) is 8.99. The molecule has 0 spiro atoms. The summed E-state index contributed by atoms with van der Waals surface area (Å²) >= 11 is 6.64. The average molecular weight is 525 g/mol. The fourth-order valence-corrected chi connectivity index (χ4v) is 4.28. The molecule has 3 aromatic carbocycles.